The Bertz CT molecular complexity index is 1130. The van der Waals surface area contributed by atoms with Crippen LogP contribution in [-0.2, 0) is 21.1 Å². The van der Waals surface area contributed by atoms with Gasteiger partial charge >= 0.3 is 7.12 Å². The minimum Gasteiger partial charge on any atom is -0.399 e. The van der Waals surface area contributed by atoms with E-state index in [0.717, 1.165) is 50.4 Å². The molecule has 2 aromatic heterocycles. The van der Waals surface area contributed by atoms with Crippen molar-refractivity contribution in [3.63, 3.8) is 0 Å². The third-order valence-electron chi connectivity index (χ3n) is 8.19. The number of rotatable bonds is 6. The van der Waals surface area contributed by atoms with E-state index in [4.69, 9.17) is 14.0 Å². The van der Waals surface area contributed by atoms with Crippen molar-refractivity contribution in [1.82, 2.24) is 14.5 Å². The van der Waals surface area contributed by atoms with E-state index in [1.807, 2.05) is 40.0 Å². The van der Waals surface area contributed by atoms with Crippen molar-refractivity contribution in [2.45, 2.75) is 64.3 Å². The SMILES string of the molecule is CCC1CN(C2COC2)CCN1c1ccc(Nc2cc(B3OC(C)(C)C(C)(C)O3)cn(C)c2=O)nc1. The van der Waals surface area contributed by atoms with Crippen LogP contribution in [0.4, 0.5) is 17.2 Å². The predicted octanol–water partition coefficient (Wildman–Crippen LogP) is 2.12. The first-order valence-corrected chi connectivity index (χ1v) is 13.0. The molecule has 1 unspecified atom stereocenters. The summed E-state index contributed by atoms with van der Waals surface area (Å²) in [5.74, 6) is 0.625. The number of ether oxygens (including phenoxy) is 1. The summed E-state index contributed by atoms with van der Waals surface area (Å²) >= 11 is 0. The number of hydrogen-bond donors (Lipinski definition) is 1. The maximum Gasteiger partial charge on any atom is 0.496 e. The van der Waals surface area contributed by atoms with Gasteiger partial charge < -0.3 is 28.8 Å². The summed E-state index contributed by atoms with van der Waals surface area (Å²) in [6.07, 6.45) is 4.74. The molecule has 0 aromatic carbocycles. The molecule has 0 spiro atoms. The molecule has 2 aromatic rings. The van der Waals surface area contributed by atoms with Crippen molar-refractivity contribution >= 4 is 29.8 Å². The smallest absolute Gasteiger partial charge is 0.399 e. The molecule has 3 aliphatic rings. The van der Waals surface area contributed by atoms with Crippen LogP contribution in [0.25, 0.3) is 0 Å². The van der Waals surface area contributed by atoms with Crippen LogP contribution in [-0.4, -0.2) is 77.7 Å². The van der Waals surface area contributed by atoms with Crippen LogP contribution < -0.4 is 21.2 Å². The molecule has 5 rings (SSSR count). The summed E-state index contributed by atoms with van der Waals surface area (Å²) < 4.78 is 19.3. The minimum absolute atomic E-state index is 0.136. The normalized spacial score (nSPS) is 24.1. The summed E-state index contributed by atoms with van der Waals surface area (Å²) in [4.78, 5) is 22.5. The monoisotopic (exact) mass is 495 g/mol. The Hall–Kier alpha value is -2.40. The number of nitrogens with one attached hydrogen (secondary N) is 1. The topological polar surface area (TPSA) is 81.1 Å². The maximum absolute atomic E-state index is 12.9. The van der Waals surface area contributed by atoms with Gasteiger partial charge in [0.25, 0.3) is 5.56 Å². The molecule has 0 radical (unpaired) electrons. The lowest BCUT2D eigenvalue weighted by Gasteiger charge is -2.47. The van der Waals surface area contributed by atoms with Gasteiger partial charge in [-0.15, -0.1) is 0 Å². The quantitative estimate of drug-likeness (QED) is 0.611. The molecule has 0 amide bonds. The molecule has 36 heavy (non-hydrogen) atoms. The molecule has 1 atom stereocenters. The molecule has 9 nitrogen and oxygen atoms in total. The molecule has 10 heteroatoms. The Labute approximate surface area is 213 Å². The first-order chi connectivity index (χ1) is 17.1. The summed E-state index contributed by atoms with van der Waals surface area (Å²) in [5.41, 5.74) is 1.29. The molecule has 0 aliphatic carbocycles. The molecular formula is C26H38BN5O4. The van der Waals surface area contributed by atoms with Gasteiger partial charge in [-0.05, 0) is 52.3 Å². The number of aryl methyl sites for hydroxylation is 1. The average molecular weight is 495 g/mol. The van der Waals surface area contributed by atoms with Crippen LogP contribution in [0.5, 0.6) is 0 Å². The fraction of sp³-hybridized carbons (Fsp3) is 0.615. The Morgan fingerprint density at radius 1 is 1.14 bits per heavy atom. The largest absolute Gasteiger partial charge is 0.496 e. The van der Waals surface area contributed by atoms with E-state index in [0.29, 0.717) is 23.6 Å². The lowest BCUT2D eigenvalue weighted by molar-refractivity contribution is -0.0698. The third kappa shape index (κ3) is 4.67. The highest BCUT2D eigenvalue weighted by Gasteiger charge is 2.52. The lowest BCUT2D eigenvalue weighted by atomic mass is 9.80. The van der Waals surface area contributed by atoms with Gasteiger partial charge in [0.2, 0.25) is 0 Å². The van der Waals surface area contributed by atoms with Gasteiger partial charge in [-0.3, -0.25) is 9.69 Å². The Morgan fingerprint density at radius 3 is 2.44 bits per heavy atom. The van der Waals surface area contributed by atoms with Crippen molar-refractivity contribution in [1.29, 1.82) is 0 Å². The van der Waals surface area contributed by atoms with Crippen LogP contribution in [0.2, 0.25) is 0 Å². The van der Waals surface area contributed by atoms with E-state index in [-0.39, 0.29) is 5.56 Å². The zero-order chi connectivity index (χ0) is 25.7. The average Bonchev–Trinajstić information content (AvgIpc) is 3.03. The number of nitrogens with zero attached hydrogens (tertiary/aromatic N) is 4. The van der Waals surface area contributed by atoms with E-state index < -0.39 is 18.3 Å². The summed E-state index contributed by atoms with van der Waals surface area (Å²) in [6, 6.07) is 6.85. The fourth-order valence-electron chi connectivity index (χ4n) is 5.04. The molecule has 3 fully saturated rings. The fourth-order valence-corrected chi connectivity index (χ4v) is 5.04. The van der Waals surface area contributed by atoms with Gasteiger partial charge in [0.1, 0.15) is 11.5 Å². The zero-order valence-electron chi connectivity index (χ0n) is 22.3. The van der Waals surface area contributed by atoms with Crippen molar-refractivity contribution in [2.24, 2.45) is 7.05 Å². The third-order valence-corrected chi connectivity index (χ3v) is 8.19. The Balaban J connectivity index is 1.31. The molecule has 0 bridgehead atoms. The highest BCUT2D eigenvalue weighted by atomic mass is 16.7. The zero-order valence-corrected chi connectivity index (χ0v) is 22.3. The first kappa shape index (κ1) is 25.3. The number of hydrogen-bond acceptors (Lipinski definition) is 8. The van der Waals surface area contributed by atoms with Gasteiger partial charge in [-0.1, -0.05) is 6.92 Å². The first-order valence-electron chi connectivity index (χ1n) is 13.0. The van der Waals surface area contributed by atoms with Crippen molar-refractivity contribution in [3.05, 3.63) is 40.9 Å². The highest BCUT2D eigenvalue weighted by Crippen LogP contribution is 2.36. The Kier molecular flexibility index (Phi) is 6.65. The highest BCUT2D eigenvalue weighted by molar-refractivity contribution is 6.62. The van der Waals surface area contributed by atoms with Gasteiger partial charge in [-0.2, -0.15) is 0 Å². The van der Waals surface area contributed by atoms with Gasteiger partial charge in [0.05, 0.1) is 42.3 Å². The van der Waals surface area contributed by atoms with Crippen LogP contribution in [0.3, 0.4) is 0 Å². The number of pyridine rings is 2. The van der Waals surface area contributed by atoms with Crippen molar-refractivity contribution < 1.29 is 14.0 Å². The van der Waals surface area contributed by atoms with Crippen LogP contribution in [0.1, 0.15) is 41.0 Å². The van der Waals surface area contributed by atoms with Crippen LogP contribution >= 0.6 is 0 Å². The Morgan fingerprint density at radius 2 is 1.86 bits per heavy atom. The van der Waals surface area contributed by atoms with Gasteiger partial charge in [0, 0.05) is 44.4 Å². The summed E-state index contributed by atoms with van der Waals surface area (Å²) in [7, 11) is 1.19. The lowest BCUT2D eigenvalue weighted by Crippen LogP contribution is -2.60. The van der Waals surface area contributed by atoms with E-state index >= 15 is 0 Å². The molecule has 3 saturated heterocycles. The van der Waals surface area contributed by atoms with Crippen molar-refractivity contribution in [3.8, 4) is 0 Å². The molecule has 5 heterocycles. The molecule has 194 valence electrons. The molecular weight excluding hydrogens is 457 g/mol. The standard InChI is InChI=1S/C26H38BN5O4/c1-7-19-15-31(21-16-34-17-21)10-11-32(19)20-8-9-23(28-13-20)29-22-12-18(14-30(6)24(22)33)27-35-25(2,3)26(4,5)36-27/h8-9,12-14,19,21H,7,10-11,15-17H2,1-6H3,(H,28,29). The second-order valence-corrected chi connectivity index (χ2v) is 11.2. The molecule has 3 aliphatic heterocycles. The predicted molar refractivity (Wildman–Crippen MR) is 143 cm³/mol. The summed E-state index contributed by atoms with van der Waals surface area (Å²) in [6.45, 7) is 15.1. The second-order valence-electron chi connectivity index (χ2n) is 11.2. The maximum atomic E-state index is 12.9. The van der Waals surface area contributed by atoms with E-state index in [1.54, 1.807) is 23.9 Å². The van der Waals surface area contributed by atoms with E-state index in [9.17, 15) is 4.79 Å². The molecule has 0 saturated carbocycles. The number of aromatic nitrogens is 2. The van der Waals surface area contributed by atoms with E-state index in [1.165, 1.54) is 0 Å². The van der Waals surface area contributed by atoms with Gasteiger partial charge in [-0.25, -0.2) is 4.98 Å². The summed E-state index contributed by atoms with van der Waals surface area (Å²) in [5, 5.41) is 3.21. The van der Waals surface area contributed by atoms with Crippen LogP contribution in [0.15, 0.2) is 35.4 Å². The van der Waals surface area contributed by atoms with Crippen molar-refractivity contribution in [2.75, 3.05) is 43.1 Å². The molecule has 1 N–H and O–H groups in total. The minimum atomic E-state index is -0.547. The van der Waals surface area contributed by atoms with Gasteiger partial charge in [0.15, 0.2) is 0 Å². The number of piperazine rings is 1. The van der Waals surface area contributed by atoms with Crippen LogP contribution in [0, 0.1) is 0 Å². The second kappa shape index (κ2) is 9.48. The van der Waals surface area contributed by atoms with E-state index in [2.05, 4.69) is 33.1 Å². The number of anilines is 3.